The van der Waals surface area contributed by atoms with Crippen LogP contribution < -0.4 is 5.32 Å². The third kappa shape index (κ3) is 3.69. The molecular formula is C21H24N4O3. The van der Waals surface area contributed by atoms with Crippen LogP contribution in [0.5, 0.6) is 0 Å². The van der Waals surface area contributed by atoms with Crippen molar-refractivity contribution in [3.63, 3.8) is 0 Å². The Bertz CT molecular complexity index is 854. The average Bonchev–Trinajstić information content (AvgIpc) is 3.30. The van der Waals surface area contributed by atoms with E-state index in [4.69, 9.17) is 0 Å². The van der Waals surface area contributed by atoms with Crippen molar-refractivity contribution in [2.75, 3.05) is 6.54 Å². The van der Waals surface area contributed by atoms with Crippen LogP contribution in [-0.4, -0.2) is 38.9 Å². The number of fused-ring (bicyclic) bond motifs is 1. The van der Waals surface area contributed by atoms with Crippen LogP contribution in [0.4, 0.5) is 0 Å². The molecule has 1 saturated carbocycles. The maximum Gasteiger partial charge on any atom is 0.240 e. The normalized spacial score (nSPS) is 21.6. The Balaban J connectivity index is 1.36. The molecule has 7 nitrogen and oxygen atoms in total. The second kappa shape index (κ2) is 7.96. The van der Waals surface area contributed by atoms with Gasteiger partial charge in [0.05, 0.1) is 18.4 Å². The SMILES string of the molecule is O=C(CN1C(=O)[C@H]2CCCC[C@@H]2C1=O)NCc1ccccc1Cn1cccn1. The first-order valence-corrected chi connectivity index (χ1v) is 9.79. The van der Waals surface area contributed by atoms with Crippen LogP contribution in [0, 0.1) is 11.8 Å². The summed E-state index contributed by atoms with van der Waals surface area (Å²) in [6.45, 7) is 0.775. The zero-order valence-electron chi connectivity index (χ0n) is 15.7. The van der Waals surface area contributed by atoms with E-state index in [1.807, 2.05) is 41.2 Å². The molecule has 1 saturated heterocycles. The molecule has 0 bridgehead atoms. The summed E-state index contributed by atoms with van der Waals surface area (Å²) < 4.78 is 1.82. The van der Waals surface area contributed by atoms with Crippen molar-refractivity contribution in [1.29, 1.82) is 0 Å². The van der Waals surface area contributed by atoms with E-state index in [2.05, 4.69) is 10.4 Å². The van der Waals surface area contributed by atoms with Crippen molar-refractivity contribution in [3.8, 4) is 0 Å². The van der Waals surface area contributed by atoms with Gasteiger partial charge in [0.25, 0.3) is 0 Å². The van der Waals surface area contributed by atoms with Gasteiger partial charge in [0.1, 0.15) is 6.54 Å². The van der Waals surface area contributed by atoms with Gasteiger partial charge in [0.2, 0.25) is 17.7 Å². The lowest BCUT2D eigenvalue weighted by molar-refractivity contribution is -0.143. The molecule has 1 aliphatic carbocycles. The fourth-order valence-corrected chi connectivity index (χ4v) is 4.23. The summed E-state index contributed by atoms with van der Waals surface area (Å²) in [4.78, 5) is 38.6. The molecule has 3 amide bonds. The van der Waals surface area contributed by atoms with Gasteiger partial charge in [-0.05, 0) is 30.0 Å². The Morgan fingerprint density at radius 1 is 1.04 bits per heavy atom. The molecule has 1 aromatic carbocycles. The smallest absolute Gasteiger partial charge is 0.240 e. The predicted molar refractivity (Wildman–Crippen MR) is 102 cm³/mol. The molecular weight excluding hydrogens is 356 g/mol. The van der Waals surface area contributed by atoms with Crippen molar-refractivity contribution in [1.82, 2.24) is 20.0 Å². The van der Waals surface area contributed by atoms with E-state index in [0.717, 1.165) is 41.7 Å². The first-order valence-electron chi connectivity index (χ1n) is 9.79. The molecule has 0 radical (unpaired) electrons. The number of nitrogens with zero attached hydrogens (tertiary/aromatic N) is 3. The highest BCUT2D eigenvalue weighted by atomic mass is 16.2. The van der Waals surface area contributed by atoms with Gasteiger partial charge < -0.3 is 5.32 Å². The van der Waals surface area contributed by atoms with E-state index >= 15 is 0 Å². The largest absolute Gasteiger partial charge is 0.350 e. The molecule has 2 aromatic rings. The second-order valence-electron chi connectivity index (χ2n) is 7.51. The molecule has 0 unspecified atom stereocenters. The van der Waals surface area contributed by atoms with Crippen molar-refractivity contribution in [3.05, 3.63) is 53.9 Å². The van der Waals surface area contributed by atoms with Crippen molar-refractivity contribution in [2.24, 2.45) is 11.8 Å². The number of carbonyl (C=O) groups is 3. The Hall–Kier alpha value is -2.96. The molecule has 2 atom stereocenters. The maximum absolute atomic E-state index is 12.5. The standard InChI is InChI=1S/C21H24N4O3/c26-19(14-25-20(27)17-8-3-4-9-18(17)21(25)28)22-12-15-6-1-2-7-16(15)13-24-11-5-10-23-24/h1-2,5-7,10-11,17-18H,3-4,8-9,12-14H2,(H,22,26)/t17-,18-/m0/s1. The number of benzene rings is 1. The van der Waals surface area contributed by atoms with Gasteiger partial charge in [-0.15, -0.1) is 0 Å². The van der Waals surface area contributed by atoms with Gasteiger partial charge in [0, 0.05) is 18.9 Å². The third-order valence-corrected chi connectivity index (χ3v) is 5.72. The number of imide groups is 1. The number of hydrogen-bond acceptors (Lipinski definition) is 4. The zero-order chi connectivity index (χ0) is 19.5. The highest BCUT2D eigenvalue weighted by Gasteiger charge is 2.48. The molecule has 146 valence electrons. The Kier molecular flexibility index (Phi) is 5.23. The van der Waals surface area contributed by atoms with E-state index in [0.29, 0.717) is 13.1 Å². The zero-order valence-corrected chi connectivity index (χ0v) is 15.7. The highest BCUT2D eigenvalue weighted by molar-refractivity contribution is 6.07. The number of rotatable bonds is 6. The Labute approximate surface area is 163 Å². The lowest BCUT2D eigenvalue weighted by atomic mass is 9.81. The molecule has 1 aromatic heterocycles. The molecule has 1 aliphatic heterocycles. The average molecular weight is 380 g/mol. The minimum atomic E-state index is -0.311. The monoisotopic (exact) mass is 380 g/mol. The summed E-state index contributed by atoms with van der Waals surface area (Å²) in [6, 6.07) is 9.70. The van der Waals surface area contributed by atoms with Crippen molar-refractivity contribution in [2.45, 2.75) is 38.8 Å². The van der Waals surface area contributed by atoms with Crippen molar-refractivity contribution < 1.29 is 14.4 Å². The number of amides is 3. The lowest BCUT2D eigenvalue weighted by Gasteiger charge is -2.19. The topological polar surface area (TPSA) is 84.3 Å². The number of carbonyl (C=O) groups excluding carboxylic acids is 3. The first-order chi connectivity index (χ1) is 13.6. The Morgan fingerprint density at radius 2 is 1.71 bits per heavy atom. The van der Waals surface area contributed by atoms with Gasteiger partial charge in [-0.1, -0.05) is 37.1 Å². The fraction of sp³-hybridized carbons (Fsp3) is 0.429. The minimum absolute atomic E-state index is 0.177. The van der Waals surface area contributed by atoms with E-state index in [1.165, 1.54) is 0 Å². The molecule has 0 spiro atoms. The lowest BCUT2D eigenvalue weighted by Crippen LogP contribution is -2.40. The summed E-state index contributed by atoms with van der Waals surface area (Å²) in [6.07, 6.45) is 7.09. The van der Waals surface area contributed by atoms with Crippen LogP contribution in [0.3, 0.4) is 0 Å². The maximum atomic E-state index is 12.5. The number of likely N-dealkylation sites (tertiary alicyclic amines) is 1. The van der Waals surface area contributed by atoms with E-state index in [9.17, 15) is 14.4 Å². The van der Waals surface area contributed by atoms with Gasteiger partial charge >= 0.3 is 0 Å². The van der Waals surface area contributed by atoms with Crippen LogP contribution in [0.1, 0.15) is 36.8 Å². The van der Waals surface area contributed by atoms with Gasteiger partial charge in [0.15, 0.2) is 0 Å². The van der Waals surface area contributed by atoms with E-state index < -0.39 is 0 Å². The quantitative estimate of drug-likeness (QED) is 0.774. The van der Waals surface area contributed by atoms with Crippen LogP contribution >= 0.6 is 0 Å². The highest BCUT2D eigenvalue weighted by Crippen LogP contribution is 2.37. The summed E-state index contributed by atoms with van der Waals surface area (Å²) in [5, 5.41) is 7.07. The molecule has 7 heteroatoms. The van der Waals surface area contributed by atoms with Crippen LogP contribution in [0.2, 0.25) is 0 Å². The van der Waals surface area contributed by atoms with Gasteiger partial charge in [-0.2, -0.15) is 5.10 Å². The molecule has 1 N–H and O–H groups in total. The van der Waals surface area contributed by atoms with E-state index in [-0.39, 0.29) is 36.1 Å². The minimum Gasteiger partial charge on any atom is -0.350 e. The summed E-state index contributed by atoms with van der Waals surface area (Å²) >= 11 is 0. The molecule has 2 heterocycles. The molecule has 2 aliphatic rings. The summed E-state index contributed by atoms with van der Waals surface area (Å²) in [7, 11) is 0. The summed E-state index contributed by atoms with van der Waals surface area (Å²) in [5.74, 6) is -1.10. The van der Waals surface area contributed by atoms with Crippen LogP contribution in [0.15, 0.2) is 42.7 Å². The Morgan fingerprint density at radius 3 is 2.36 bits per heavy atom. The van der Waals surface area contributed by atoms with Gasteiger partial charge in [-0.25, -0.2) is 0 Å². The number of hydrogen-bond donors (Lipinski definition) is 1. The third-order valence-electron chi connectivity index (χ3n) is 5.72. The second-order valence-corrected chi connectivity index (χ2v) is 7.51. The molecule has 4 rings (SSSR count). The van der Waals surface area contributed by atoms with Crippen LogP contribution in [-0.2, 0) is 27.5 Å². The molecule has 28 heavy (non-hydrogen) atoms. The van der Waals surface area contributed by atoms with Crippen LogP contribution in [0.25, 0.3) is 0 Å². The van der Waals surface area contributed by atoms with Crippen molar-refractivity contribution >= 4 is 17.7 Å². The van der Waals surface area contributed by atoms with Gasteiger partial charge in [-0.3, -0.25) is 24.0 Å². The predicted octanol–water partition coefficient (Wildman–Crippen LogP) is 1.72. The molecule has 2 fully saturated rings. The number of nitrogens with one attached hydrogen (secondary N) is 1. The van der Waals surface area contributed by atoms with E-state index in [1.54, 1.807) is 6.20 Å². The summed E-state index contributed by atoms with van der Waals surface area (Å²) in [5.41, 5.74) is 2.05. The number of aromatic nitrogens is 2. The fourth-order valence-electron chi connectivity index (χ4n) is 4.23. The first kappa shape index (κ1) is 18.4.